The third-order valence-corrected chi connectivity index (χ3v) is 7.20. The molecule has 5 rings (SSSR count). The summed E-state index contributed by atoms with van der Waals surface area (Å²) >= 11 is 0. The number of piperazine rings is 1. The minimum absolute atomic E-state index is 0.164. The topological polar surface area (TPSA) is 35.9 Å². The number of allylic oxidation sites excluding steroid dienone is 1. The zero-order chi connectivity index (χ0) is 19.7. The van der Waals surface area contributed by atoms with Crippen LogP contribution >= 0.6 is 0 Å². The largest absolute Gasteiger partial charge is 0.389 e. The molecule has 1 heterocycles. The number of hydrogen-bond acceptors (Lipinski definition) is 4. The average Bonchev–Trinajstić information content (AvgIpc) is 2.69. The second-order valence-corrected chi connectivity index (χ2v) is 9.23. The zero-order valence-corrected chi connectivity index (χ0v) is 17.1. The van der Waals surface area contributed by atoms with E-state index >= 15 is 0 Å². The summed E-state index contributed by atoms with van der Waals surface area (Å²) in [5, 5.41) is 10.4. The first-order valence-electron chi connectivity index (χ1n) is 10.6. The molecule has 4 aliphatic rings. The van der Waals surface area contributed by atoms with Crippen LogP contribution in [0.3, 0.4) is 0 Å². The molecule has 0 radical (unpaired) electrons. The quantitative estimate of drug-likeness (QED) is 0.727. The standard InChI is InChI=1S/C23H33FN2O2/c1-23(2)18-8-7-17(20(23)13-18)15-28-16-19(27)14-25-9-11-26(12-10-25)22-6-4-3-5-21(22)24/h3-7,18-20,27H,8-16H2,1-2H3. The van der Waals surface area contributed by atoms with Gasteiger partial charge in [-0.15, -0.1) is 0 Å². The van der Waals surface area contributed by atoms with Gasteiger partial charge in [0.2, 0.25) is 0 Å². The lowest BCUT2D eigenvalue weighted by Crippen LogP contribution is -2.49. The fourth-order valence-electron chi connectivity index (χ4n) is 5.18. The van der Waals surface area contributed by atoms with E-state index < -0.39 is 6.10 Å². The molecule has 3 aliphatic carbocycles. The van der Waals surface area contributed by atoms with E-state index in [1.54, 1.807) is 6.07 Å². The van der Waals surface area contributed by atoms with Crippen molar-refractivity contribution in [1.29, 1.82) is 0 Å². The molecule has 154 valence electrons. The first-order valence-corrected chi connectivity index (χ1v) is 10.6. The molecular weight excluding hydrogens is 355 g/mol. The van der Waals surface area contributed by atoms with Gasteiger partial charge >= 0.3 is 0 Å². The van der Waals surface area contributed by atoms with Crippen LogP contribution in [0.2, 0.25) is 0 Å². The molecule has 1 saturated heterocycles. The number of ether oxygens (including phenoxy) is 1. The molecule has 0 aromatic heterocycles. The van der Waals surface area contributed by atoms with Gasteiger partial charge in [0.25, 0.3) is 0 Å². The van der Waals surface area contributed by atoms with Crippen molar-refractivity contribution in [3.8, 4) is 0 Å². The molecule has 3 atom stereocenters. The highest BCUT2D eigenvalue weighted by Gasteiger charge is 2.50. The van der Waals surface area contributed by atoms with Crippen molar-refractivity contribution in [1.82, 2.24) is 4.90 Å². The summed E-state index contributed by atoms with van der Waals surface area (Å²) in [5.74, 6) is 1.34. The van der Waals surface area contributed by atoms with E-state index in [1.807, 2.05) is 12.1 Å². The first kappa shape index (κ1) is 19.9. The summed E-state index contributed by atoms with van der Waals surface area (Å²) < 4.78 is 19.8. The Bertz CT molecular complexity index is 712. The van der Waals surface area contributed by atoms with Crippen LogP contribution in [0.15, 0.2) is 35.9 Å². The van der Waals surface area contributed by atoms with Gasteiger partial charge in [0.1, 0.15) is 5.82 Å². The van der Waals surface area contributed by atoms with Crippen molar-refractivity contribution >= 4 is 5.69 Å². The Hall–Kier alpha value is -1.43. The molecule has 1 aromatic rings. The minimum atomic E-state index is -0.480. The minimum Gasteiger partial charge on any atom is -0.389 e. The second-order valence-electron chi connectivity index (χ2n) is 9.23. The van der Waals surface area contributed by atoms with Crippen molar-refractivity contribution < 1.29 is 14.2 Å². The SMILES string of the molecule is CC1(C)C2CC=C(COCC(O)CN3CCN(c4ccccc4F)CC3)C1C2. The molecule has 3 unspecified atom stereocenters. The van der Waals surface area contributed by atoms with Crippen LogP contribution in [-0.4, -0.2) is 62.0 Å². The number of halogens is 1. The maximum absolute atomic E-state index is 13.9. The summed E-state index contributed by atoms with van der Waals surface area (Å²) in [6.45, 7) is 9.59. The highest BCUT2D eigenvalue weighted by atomic mass is 19.1. The van der Waals surface area contributed by atoms with E-state index in [0.717, 1.165) is 32.1 Å². The second kappa shape index (κ2) is 8.13. The van der Waals surface area contributed by atoms with E-state index in [2.05, 4.69) is 29.7 Å². The number of para-hydroxylation sites is 1. The van der Waals surface area contributed by atoms with Gasteiger partial charge in [-0.3, -0.25) is 4.90 Å². The molecular formula is C23H33FN2O2. The van der Waals surface area contributed by atoms with Crippen molar-refractivity contribution in [2.45, 2.75) is 32.8 Å². The maximum Gasteiger partial charge on any atom is 0.146 e. The Morgan fingerprint density at radius 1 is 1.21 bits per heavy atom. The maximum atomic E-state index is 13.9. The number of aliphatic hydroxyl groups excluding tert-OH is 1. The van der Waals surface area contributed by atoms with Crippen LogP contribution in [0.1, 0.15) is 26.7 Å². The Morgan fingerprint density at radius 2 is 1.96 bits per heavy atom. The molecule has 28 heavy (non-hydrogen) atoms. The number of aliphatic hydroxyl groups is 1. The summed E-state index contributed by atoms with van der Waals surface area (Å²) in [7, 11) is 0. The van der Waals surface area contributed by atoms with Crippen molar-refractivity contribution in [3.05, 3.63) is 41.7 Å². The van der Waals surface area contributed by atoms with Gasteiger partial charge in [-0.2, -0.15) is 0 Å². The van der Waals surface area contributed by atoms with Gasteiger partial charge in [0, 0.05) is 32.7 Å². The average molecular weight is 389 g/mol. The number of hydrogen-bond donors (Lipinski definition) is 1. The summed E-state index contributed by atoms with van der Waals surface area (Å²) in [6.07, 6.45) is 4.36. The van der Waals surface area contributed by atoms with Gasteiger partial charge in [-0.25, -0.2) is 4.39 Å². The molecule has 0 amide bonds. The summed E-state index contributed by atoms with van der Waals surface area (Å²) in [6, 6.07) is 6.94. The number of nitrogens with zero attached hydrogens (tertiary/aromatic N) is 2. The molecule has 4 nitrogen and oxygen atoms in total. The lowest BCUT2D eigenvalue weighted by molar-refractivity contribution is -0.0262. The number of fused-ring (bicyclic) bond motifs is 1. The molecule has 1 N–H and O–H groups in total. The first-order chi connectivity index (χ1) is 13.4. The normalized spacial score (nSPS) is 27.9. The molecule has 5 heteroatoms. The van der Waals surface area contributed by atoms with Crippen LogP contribution in [0.25, 0.3) is 0 Å². The van der Waals surface area contributed by atoms with Crippen molar-refractivity contribution in [2.24, 2.45) is 17.3 Å². The lowest BCUT2D eigenvalue weighted by Gasteiger charge is -2.56. The highest BCUT2D eigenvalue weighted by Crippen LogP contribution is 2.59. The van der Waals surface area contributed by atoms with Crippen molar-refractivity contribution in [3.63, 3.8) is 0 Å². The predicted octanol–water partition coefficient (Wildman–Crippen LogP) is 3.32. The van der Waals surface area contributed by atoms with Crippen LogP contribution < -0.4 is 4.90 Å². The predicted molar refractivity (Wildman–Crippen MR) is 110 cm³/mol. The smallest absolute Gasteiger partial charge is 0.146 e. The molecule has 0 spiro atoms. The fourth-order valence-corrected chi connectivity index (χ4v) is 5.18. The van der Waals surface area contributed by atoms with Gasteiger partial charge in [-0.1, -0.05) is 32.1 Å². The molecule has 1 aromatic carbocycles. The van der Waals surface area contributed by atoms with Gasteiger partial charge in [0.15, 0.2) is 0 Å². The monoisotopic (exact) mass is 388 g/mol. The van der Waals surface area contributed by atoms with Crippen LogP contribution in [0.4, 0.5) is 10.1 Å². The van der Waals surface area contributed by atoms with Crippen LogP contribution in [-0.2, 0) is 4.74 Å². The third-order valence-electron chi connectivity index (χ3n) is 7.20. The Balaban J connectivity index is 1.17. The molecule has 1 aliphatic heterocycles. The molecule has 2 bridgehead atoms. The van der Waals surface area contributed by atoms with Gasteiger partial charge in [0.05, 0.1) is 25.0 Å². The Morgan fingerprint density at radius 3 is 2.64 bits per heavy atom. The third kappa shape index (κ3) is 3.98. The van der Waals surface area contributed by atoms with E-state index in [-0.39, 0.29) is 5.82 Å². The number of rotatable bonds is 7. The van der Waals surface area contributed by atoms with Crippen molar-refractivity contribution in [2.75, 3.05) is 50.8 Å². The van der Waals surface area contributed by atoms with Crippen LogP contribution in [0, 0.1) is 23.1 Å². The number of benzene rings is 1. The van der Waals surface area contributed by atoms with E-state index in [9.17, 15) is 9.50 Å². The van der Waals surface area contributed by atoms with Gasteiger partial charge < -0.3 is 14.7 Å². The number of β-amino-alcohol motifs (C(OH)–C–C–N with tert-alkyl or cyclic N) is 1. The van der Waals surface area contributed by atoms with E-state index in [4.69, 9.17) is 4.74 Å². The van der Waals surface area contributed by atoms with Gasteiger partial charge in [-0.05, 0) is 47.8 Å². The number of anilines is 1. The van der Waals surface area contributed by atoms with E-state index in [1.165, 1.54) is 24.5 Å². The van der Waals surface area contributed by atoms with Crippen LogP contribution in [0.5, 0.6) is 0 Å². The lowest BCUT2D eigenvalue weighted by atomic mass is 9.49. The molecule has 2 fully saturated rings. The van der Waals surface area contributed by atoms with E-state index in [0.29, 0.717) is 36.8 Å². The Labute approximate surface area is 168 Å². The highest BCUT2D eigenvalue weighted by molar-refractivity contribution is 5.48. The summed E-state index contributed by atoms with van der Waals surface area (Å²) in [4.78, 5) is 4.32. The summed E-state index contributed by atoms with van der Waals surface area (Å²) in [5.41, 5.74) is 2.52. The zero-order valence-electron chi connectivity index (χ0n) is 17.1. The molecule has 1 saturated carbocycles. The fraction of sp³-hybridized carbons (Fsp3) is 0.652. The Kier molecular flexibility index (Phi) is 5.77.